The Hall–Kier alpha value is -3.26. The molecule has 1 aliphatic heterocycles. The number of thiophene rings is 1. The predicted octanol–water partition coefficient (Wildman–Crippen LogP) is 3.81. The molecule has 2 aliphatic rings. The van der Waals surface area contributed by atoms with Gasteiger partial charge in [0.1, 0.15) is 17.0 Å². The third-order valence-electron chi connectivity index (χ3n) is 6.03. The van der Waals surface area contributed by atoms with Gasteiger partial charge in [0.15, 0.2) is 0 Å². The monoisotopic (exact) mass is 416 g/mol. The average Bonchev–Trinajstić information content (AvgIpc) is 3.51. The van der Waals surface area contributed by atoms with E-state index in [0.717, 1.165) is 65.0 Å². The van der Waals surface area contributed by atoms with Crippen molar-refractivity contribution in [2.45, 2.75) is 19.3 Å². The van der Waals surface area contributed by atoms with Crippen molar-refractivity contribution in [1.29, 1.82) is 0 Å². The number of carbonyl (C=O) groups is 1. The zero-order valence-corrected chi connectivity index (χ0v) is 17.1. The summed E-state index contributed by atoms with van der Waals surface area (Å²) < 4.78 is 0. The molecule has 0 saturated heterocycles. The van der Waals surface area contributed by atoms with Crippen LogP contribution in [0.5, 0.6) is 0 Å². The molecule has 0 bridgehead atoms. The average molecular weight is 417 g/mol. The van der Waals surface area contributed by atoms with E-state index in [2.05, 4.69) is 43.7 Å². The molecule has 30 heavy (non-hydrogen) atoms. The maximum Gasteiger partial charge on any atom is 0.226 e. The van der Waals surface area contributed by atoms with E-state index in [1.165, 1.54) is 10.4 Å². The normalized spacial score (nSPS) is 18.3. The van der Waals surface area contributed by atoms with Crippen LogP contribution in [-0.4, -0.2) is 44.1 Å². The van der Waals surface area contributed by atoms with Gasteiger partial charge in [-0.05, 0) is 43.0 Å². The lowest BCUT2D eigenvalue weighted by atomic mass is 9.87. The first kappa shape index (κ1) is 17.6. The fourth-order valence-electron chi connectivity index (χ4n) is 4.49. The Labute approximate surface area is 176 Å². The van der Waals surface area contributed by atoms with E-state index in [1.807, 2.05) is 23.2 Å². The lowest BCUT2D eigenvalue weighted by Crippen LogP contribution is -2.36. The maximum atomic E-state index is 12.9. The van der Waals surface area contributed by atoms with E-state index < -0.39 is 0 Å². The van der Waals surface area contributed by atoms with Gasteiger partial charge in [-0.15, -0.1) is 11.3 Å². The van der Waals surface area contributed by atoms with Crippen LogP contribution in [0.2, 0.25) is 0 Å². The first-order valence-electron chi connectivity index (χ1n) is 10.2. The van der Waals surface area contributed by atoms with E-state index in [4.69, 9.17) is 0 Å². The van der Waals surface area contributed by atoms with E-state index in [1.54, 1.807) is 17.7 Å². The molecule has 8 heteroatoms. The second kappa shape index (κ2) is 6.91. The fraction of sp³-hybridized carbons (Fsp3) is 0.273. The molecule has 4 heterocycles. The molecular formula is C22H20N6OS. The summed E-state index contributed by atoms with van der Waals surface area (Å²) in [5, 5.41) is 12.7. The molecule has 0 radical (unpaired) electrons. The molecular weight excluding hydrogens is 396 g/mol. The SMILES string of the molecule is O=C(C1CCc2c(sc3ncnc(Nc4ccc5[nH]ncc5c4)c23)C1)N1CC=CC1. The van der Waals surface area contributed by atoms with Gasteiger partial charge < -0.3 is 10.2 Å². The maximum absolute atomic E-state index is 12.9. The Bertz CT molecular complexity index is 1300. The molecule has 150 valence electrons. The highest BCUT2D eigenvalue weighted by Crippen LogP contribution is 2.41. The lowest BCUT2D eigenvalue weighted by Gasteiger charge is -2.26. The summed E-state index contributed by atoms with van der Waals surface area (Å²) in [6.45, 7) is 1.49. The highest BCUT2D eigenvalue weighted by molar-refractivity contribution is 7.19. The molecule has 2 N–H and O–H groups in total. The van der Waals surface area contributed by atoms with Gasteiger partial charge in [-0.3, -0.25) is 9.89 Å². The standard InChI is InChI=1S/C22H20N6OS/c29-22(28-7-1-2-8-28)13-3-5-16-18(10-13)30-21-19(16)20(23-12-24-21)26-15-4-6-17-14(9-15)11-25-27-17/h1-2,4,6,9,11-13H,3,5,7-8,10H2,(H,25,27)(H,23,24,26). The Balaban J connectivity index is 1.32. The van der Waals surface area contributed by atoms with Crippen molar-refractivity contribution in [2.24, 2.45) is 5.92 Å². The van der Waals surface area contributed by atoms with Crippen molar-refractivity contribution in [3.63, 3.8) is 0 Å². The van der Waals surface area contributed by atoms with Crippen molar-refractivity contribution in [2.75, 3.05) is 18.4 Å². The van der Waals surface area contributed by atoms with Crippen molar-refractivity contribution in [1.82, 2.24) is 25.1 Å². The van der Waals surface area contributed by atoms with E-state index in [0.29, 0.717) is 0 Å². The number of nitrogens with zero attached hydrogens (tertiary/aromatic N) is 4. The van der Waals surface area contributed by atoms with E-state index in [9.17, 15) is 4.79 Å². The van der Waals surface area contributed by atoms with Gasteiger partial charge in [0.05, 0.1) is 17.1 Å². The van der Waals surface area contributed by atoms with Crippen molar-refractivity contribution in [3.8, 4) is 0 Å². The molecule has 1 atom stereocenters. The number of anilines is 2. The summed E-state index contributed by atoms with van der Waals surface area (Å²) in [4.78, 5) is 26.1. The predicted molar refractivity (Wildman–Crippen MR) is 118 cm³/mol. The number of rotatable bonds is 3. The van der Waals surface area contributed by atoms with Gasteiger partial charge in [-0.25, -0.2) is 9.97 Å². The molecule has 3 aromatic heterocycles. The van der Waals surface area contributed by atoms with Gasteiger partial charge in [-0.2, -0.15) is 5.10 Å². The van der Waals surface area contributed by atoms with Crippen LogP contribution in [0.25, 0.3) is 21.1 Å². The van der Waals surface area contributed by atoms with Gasteiger partial charge in [0, 0.05) is 35.0 Å². The number of benzene rings is 1. The molecule has 0 saturated carbocycles. The number of nitrogens with one attached hydrogen (secondary N) is 2. The second-order valence-corrected chi connectivity index (χ2v) is 8.94. The molecule has 4 aromatic rings. The summed E-state index contributed by atoms with van der Waals surface area (Å²) in [6, 6.07) is 6.09. The van der Waals surface area contributed by atoms with Crippen LogP contribution >= 0.6 is 11.3 Å². The summed E-state index contributed by atoms with van der Waals surface area (Å²) >= 11 is 1.70. The second-order valence-electron chi connectivity index (χ2n) is 7.86. The number of aryl methyl sites for hydroxylation is 1. The number of aromatic amines is 1. The van der Waals surface area contributed by atoms with Gasteiger partial charge >= 0.3 is 0 Å². The number of amides is 1. The minimum atomic E-state index is 0.0679. The minimum Gasteiger partial charge on any atom is -0.340 e. The number of carbonyl (C=O) groups excluding carboxylic acids is 1. The minimum absolute atomic E-state index is 0.0679. The Kier molecular flexibility index (Phi) is 4.05. The molecule has 1 unspecified atom stereocenters. The highest BCUT2D eigenvalue weighted by atomic mass is 32.1. The van der Waals surface area contributed by atoms with Crippen molar-refractivity contribution < 1.29 is 4.79 Å². The van der Waals surface area contributed by atoms with Crippen LogP contribution < -0.4 is 5.32 Å². The molecule has 1 aliphatic carbocycles. The number of hydrogen-bond acceptors (Lipinski definition) is 6. The van der Waals surface area contributed by atoms with Gasteiger partial charge in [0.25, 0.3) is 0 Å². The van der Waals surface area contributed by atoms with Crippen LogP contribution in [0.3, 0.4) is 0 Å². The Morgan fingerprint density at radius 2 is 2.13 bits per heavy atom. The Morgan fingerprint density at radius 3 is 3.03 bits per heavy atom. The quantitative estimate of drug-likeness (QED) is 0.496. The van der Waals surface area contributed by atoms with E-state index in [-0.39, 0.29) is 11.8 Å². The molecule has 1 aromatic carbocycles. The zero-order valence-electron chi connectivity index (χ0n) is 16.3. The first-order chi connectivity index (χ1) is 14.8. The number of aromatic nitrogens is 4. The lowest BCUT2D eigenvalue weighted by molar-refractivity contribution is -0.134. The topological polar surface area (TPSA) is 86.8 Å². The van der Waals surface area contributed by atoms with Gasteiger partial charge in [-0.1, -0.05) is 12.2 Å². The van der Waals surface area contributed by atoms with Crippen molar-refractivity contribution >= 4 is 49.9 Å². The summed E-state index contributed by atoms with van der Waals surface area (Å²) in [5.41, 5.74) is 3.27. The first-order valence-corrected chi connectivity index (χ1v) is 11.0. The zero-order chi connectivity index (χ0) is 20.1. The highest BCUT2D eigenvalue weighted by Gasteiger charge is 2.31. The smallest absolute Gasteiger partial charge is 0.226 e. The third-order valence-corrected chi connectivity index (χ3v) is 7.19. The van der Waals surface area contributed by atoms with Crippen LogP contribution in [0.4, 0.5) is 11.5 Å². The summed E-state index contributed by atoms with van der Waals surface area (Å²) in [7, 11) is 0. The van der Waals surface area contributed by atoms with Crippen LogP contribution in [0, 0.1) is 5.92 Å². The fourth-order valence-corrected chi connectivity index (χ4v) is 5.76. The summed E-state index contributed by atoms with van der Waals surface area (Å²) in [6.07, 6.45) is 10.1. The van der Waals surface area contributed by atoms with Gasteiger partial charge in [0.2, 0.25) is 5.91 Å². The number of hydrogen-bond donors (Lipinski definition) is 2. The Morgan fingerprint density at radius 1 is 1.23 bits per heavy atom. The van der Waals surface area contributed by atoms with Crippen LogP contribution in [0.1, 0.15) is 16.9 Å². The molecule has 0 spiro atoms. The summed E-state index contributed by atoms with van der Waals surface area (Å²) in [5.74, 6) is 1.17. The molecule has 6 rings (SSSR count). The molecule has 1 amide bonds. The van der Waals surface area contributed by atoms with E-state index >= 15 is 0 Å². The molecule has 0 fully saturated rings. The van der Waals surface area contributed by atoms with Crippen LogP contribution in [-0.2, 0) is 17.6 Å². The largest absolute Gasteiger partial charge is 0.340 e. The number of fused-ring (bicyclic) bond motifs is 4. The van der Waals surface area contributed by atoms with Crippen LogP contribution in [0.15, 0.2) is 42.9 Å². The molecule has 7 nitrogen and oxygen atoms in total. The third kappa shape index (κ3) is 2.87. The van der Waals surface area contributed by atoms with Crippen molar-refractivity contribution in [3.05, 3.63) is 53.3 Å². The number of H-pyrrole nitrogens is 1.